The third-order valence-electron chi connectivity index (χ3n) is 7.14. The van der Waals surface area contributed by atoms with Crippen LogP contribution in [0.3, 0.4) is 0 Å². The molecule has 0 saturated heterocycles. The molecule has 0 aliphatic carbocycles. The molecule has 200 valence electrons. The van der Waals surface area contributed by atoms with Crippen LogP contribution in [0, 0.1) is 42.9 Å². The Labute approximate surface area is 243 Å². The SMILES string of the molecule is C#CCCc1ccc2ccccc2c1C#Cc1c(CO[C@@H](C)C#Cc2ccc(C)cc2)ccc2ccc(OC)cc12. The number of hydrogen-bond acceptors (Lipinski definition) is 2. The number of fused-ring (bicyclic) bond motifs is 2. The molecular formula is C39H32O2. The number of terminal acetylenes is 1. The molecule has 0 spiro atoms. The van der Waals surface area contributed by atoms with Crippen LogP contribution >= 0.6 is 0 Å². The highest BCUT2D eigenvalue weighted by Crippen LogP contribution is 2.28. The van der Waals surface area contributed by atoms with E-state index in [0.29, 0.717) is 13.0 Å². The molecule has 41 heavy (non-hydrogen) atoms. The van der Waals surface area contributed by atoms with Gasteiger partial charge in [-0.1, -0.05) is 96.0 Å². The van der Waals surface area contributed by atoms with Crippen molar-refractivity contribution < 1.29 is 9.47 Å². The lowest BCUT2D eigenvalue weighted by molar-refractivity contribution is 0.0900. The molecule has 2 nitrogen and oxygen atoms in total. The zero-order valence-electron chi connectivity index (χ0n) is 23.8. The number of ether oxygens (including phenoxy) is 2. The summed E-state index contributed by atoms with van der Waals surface area (Å²) in [6.45, 7) is 4.44. The molecule has 5 aromatic rings. The first-order valence-electron chi connectivity index (χ1n) is 13.8. The van der Waals surface area contributed by atoms with Gasteiger partial charge in [-0.05, 0) is 71.8 Å². The van der Waals surface area contributed by atoms with Gasteiger partial charge in [0.15, 0.2) is 0 Å². The van der Waals surface area contributed by atoms with Crippen LogP contribution in [0.25, 0.3) is 21.5 Å². The van der Waals surface area contributed by atoms with E-state index in [2.05, 4.69) is 103 Å². The highest BCUT2D eigenvalue weighted by Gasteiger charge is 2.11. The maximum absolute atomic E-state index is 6.22. The van der Waals surface area contributed by atoms with Crippen LogP contribution in [0.2, 0.25) is 0 Å². The molecule has 0 bridgehead atoms. The third-order valence-corrected chi connectivity index (χ3v) is 7.14. The fourth-order valence-electron chi connectivity index (χ4n) is 4.82. The minimum Gasteiger partial charge on any atom is -0.497 e. The molecule has 0 aromatic heterocycles. The van der Waals surface area contributed by atoms with Crippen molar-refractivity contribution in [1.29, 1.82) is 0 Å². The van der Waals surface area contributed by atoms with Crippen LogP contribution in [0.15, 0.2) is 91.0 Å². The second-order valence-electron chi connectivity index (χ2n) is 10.1. The Kier molecular flexibility index (Phi) is 8.72. The summed E-state index contributed by atoms with van der Waals surface area (Å²) < 4.78 is 11.8. The molecule has 2 heteroatoms. The largest absolute Gasteiger partial charge is 0.497 e. The summed E-state index contributed by atoms with van der Waals surface area (Å²) in [6.07, 6.45) is 6.81. The van der Waals surface area contributed by atoms with Gasteiger partial charge in [0.1, 0.15) is 11.9 Å². The predicted molar refractivity (Wildman–Crippen MR) is 170 cm³/mol. The van der Waals surface area contributed by atoms with E-state index in [1.54, 1.807) is 7.11 Å². The molecule has 0 heterocycles. The van der Waals surface area contributed by atoms with Gasteiger partial charge in [-0.2, -0.15) is 0 Å². The second-order valence-corrected chi connectivity index (χ2v) is 10.1. The summed E-state index contributed by atoms with van der Waals surface area (Å²) in [5.41, 5.74) is 6.30. The topological polar surface area (TPSA) is 18.5 Å². The second kappa shape index (κ2) is 12.9. The smallest absolute Gasteiger partial charge is 0.119 e. The van der Waals surface area contributed by atoms with Crippen molar-refractivity contribution >= 4 is 21.5 Å². The summed E-state index contributed by atoms with van der Waals surface area (Å²) in [5, 5.41) is 4.41. The van der Waals surface area contributed by atoms with Crippen molar-refractivity contribution in [3.05, 3.63) is 124 Å². The molecular weight excluding hydrogens is 500 g/mol. The Bertz CT molecular complexity index is 1870. The van der Waals surface area contributed by atoms with Crippen LogP contribution in [0.1, 0.15) is 46.7 Å². The van der Waals surface area contributed by atoms with E-state index >= 15 is 0 Å². The van der Waals surface area contributed by atoms with Crippen LogP contribution in [0.5, 0.6) is 5.75 Å². The predicted octanol–water partition coefficient (Wildman–Crippen LogP) is 8.23. The summed E-state index contributed by atoms with van der Waals surface area (Å²) in [7, 11) is 1.68. The average molecular weight is 533 g/mol. The normalized spacial score (nSPS) is 11.2. The summed E-state index contributed by atoms with van der Waals surface area (Å²) in [4.78, 5) is 0. The van der Waals surface area contributed by atoms with Crippen molar-refractivity contribution in [3.8, 4) is 41.8 Å². The van der Waals surface area contributed by atoms with E-state index in [1.807, 2.05) is 31.2 Å². The number of methoxy groups -OCH3 is 1. The Morgan fingerprint density at radius 3 is 2.20 bits per heavy atom. The average Bonchev–Trinajstić information content (AvgIpc) is 3.01. The lowest BCUT2D eigenvalue weighted by Gasteiger charge is -2.13. The number of hydrogen-bond donors (Lipinski definition) is 0. The van der Waals surface area contributed by atoms with Crippen LogP contribution in [-0.4, -0.2) is 13.2 Å². The molecule has 0 N–H and O–H groups in total. The first kappa shape index (κ1) is 27.6. The molecule has 0 aliphatic rings. The fraction of sp³-hybridized carbons (Fsp3) is 0.179. The van der Waals surface area contributed by atoms with Gasteiger partial charge in [0.25, 0.3) is 0 Å². The van der Waals surface area contributed by atoms with Crippen molar-refractivity contribution in [3.63, 3.8) is 0 Å². The highest BCUT2D eigenvalue weighted by atomic mass is 16.5. The maximum Gasteiger partial charge on any atom is 0.119 e. The van der Waals surface area contributed by atoms with Crippen molar-refractivity contribution in [2.75, 3.05) is 7.11 Å². The Morgan fingerprint density at radius 2 is 1.44 bits per heavy atom. The van der Waals surface area contributed by atoms with Gasteiger partial charge in [0.2, 0.25) is 0 Å². The molecule has 1 atom stereocenters. The van der Waals surface area contributed by atoms with Gasteiger partial charge < -0.3 is 9.47 Å². The minimum atomic E-state index is -0.244. The van der Waals surface area contributed by atoms with Gasteiger partial charge in [-0.3, -0.25) is 0 Å². The molecule has 0 amide bonds. The van der Waals surface area contributed by atoms with Gasteiger partial charge >= 0.3 is 0 Å². The minimum absolute atomic E-state index is 0.244. The van der Waals surface area contributed by atoms with Gasteiger partial charge in [-0.25, -0.2) is 0 Å². The van der Waals surface area contributed by atoms with E-state index in [4.69, 9.17) is 15.9 Å². The molecule has 5 rings (SSSR count). The molecule has 0 radical (unpaired) electrons. The Morgan fingerprint density at radius 1 is 0.756 bits per heavy atom. The van der Waals surface area contributed by atoms with E-state index < -0.39 is 0 Å². The highest BCUT2D eigenvalue weighted by molar-refractivity contribution is 5.92. The molecule has 5 aromatic carbocycles. The summed E-state index contributed by atoms with van der Waals surface area (Å²) in [6, 6.07) is 31.1. The van der Waals surface area contributed by atoms with Crippen molar-refractivity contribution in [2.24, 2.45) is 0 Å². The summed E-state index contributed by atoms with van der Waals surface area (Å²) in [5.74, 6) is 17.1. The number of benzene rings is 5. The third kappa shape index (κ3) is 6.62. The molecule has 0 unspecified atom stereocenters. The summed E-state index contributed by atoms with van der Waals surface area (Å²) >= 11 is 0. The zero-order valence-corrected chi connectivity index (χ0v) is 23.8. The van der Waals surface area contributed by atoms with E-state index in [1.165, 1.54) is 5.56 Å². The zero-order chi connectivity index (χ0) is 28.6. The standard InChI is InChI=1S/C39H32O2/c1-5-6-9-31-18-19-32-10-7-8-11-36(32)37(31)24-25-38-34(21-20-33-22-23-35(40-4)26-39(33)38)27-41-29(3)14-17-30-15-12-28(2)13-16-30/h1,7-8,10-13,15-16,18-23,26,29H,6,9,27H2,2-4H3/t29-/m0/s1. The molecule has 0 aliphatic heterocycles. The van der Waals surface area contributed by atoms with E-state index in [9.17, 15) is 0 Å². The lowest BCUT2D eigenvalue weighted by atomic mass is 9.95. The van der Waals surface area contributed by atoms with Crippen molar-refractivity contribution in [2.45, 2.75) is 39.4 Å². The van der Waals surface area contributed by atoms with Gasteiger partial charge in [0.05, 0.1) is 13.7 Å². The fourth-order valence-corrected chi connectivity index (χ4v) is 4.82. The Balaban J connectivity index is 1.55. The van der Waals surface area contributed by atoms with Gasteiger partial charge in [0, 0.05) is 28.5 Å². The monoisotopic (exact) mass is 532 g/mol. The molecule has 0 fully saturated rings. The van der Waals surface area contributed by atoms with Crippen LogP contribution in [0.4, 0.5) is 0 Å². The number of rotatable bonds is 6. The van der Waals surface area contributed by atoms with Gasteiger partial charge in [-0.15, -0.1) is 12.3 Å². The molecule has 0 saturated carbocycles. The van der Waals surface area contributed by atoms with Crippen LogP contribution in [-0.2, 0) is 17.8 Å². The Hall–Kier alpha value is -4.94. The quantitative estimate of drug-likeness (QED) is 0.205. The van der Waals surface area contributed by atoms with Crippen LogP contribution < -0.4 is 4.74 Å². The van der Waals surface area contributed by atoms with Crippen molar-refractivity contribution in [1.82, 2.24) is 0 Å². The first-order valence-corrected chi connectivity index (χ1v) is 13.8. The first-order chi connectivity index (χ1) is 20.1. The maximum atomic E-state index is 6.22. The van der Waals surface area contributed by atoms with E-state index in [0.717, 1.165) is 61.5 Å². The number of aryl methyl sites for hydroxylation is 2. The van der Waals surface area contributed by atoms with E-state index in [-0.39, 0.29) is 6.10 Å². The lowest BCUT2D eigenvalue weighted by Crippen LogP contribution is -2.06.